The number of carbonyl (C=O) groups is 2. The number of hydrogen-bond donors (Lipinski definition) is 2. The van der Waals surface area contributed by atoms with Crippen LogP contribution in [-0.4, -0.2) is 24.1 Å². The summed E-state index contributed by atoms with van der Waals surface area (Å²) < 4.78 is 0. The van der Waals surface area contributed by atoms with Crippen LogP contribution in [0.4, 0.5) is 0 Å². The topological polar surface area (TPSA) is 70.6 Å². The molecule has 0 spiro atoms. The zero-order valence-electron chi connectivity index (χ0n) is 8.30. The second kappa shape index (κ2) is 5.36. The van der Waals surface area contributed by atoms with Crippen LogP contribution in [0.15, 0.2) is 5.10 Å². The van der Waals surface area contributed by atoms with Crippen LogP contribution >= 0.6 is 0 Å². The average Bonchev–Trinajstić information content (AvgIpc) is 2.19. The molecule has 0 radical (unpaired) electrons. The Hall–Kier alpha value is -1.39. The minimum absolute atomic E-state index is 0.130. The fourth-order valence-electron chi connectivity index (χ4n) is 1.12. The Kier molecular flexibility index (Phi) is 4.10. The van der Waals surface area contributed by atoms with Gasteiger partial charge in [0.15, 0.2) is 0 Å². The Morgan fingerprint density at radius 1 is 1.57 bits per heavy atom. The maximum Gasteiger partial charge on any atom is 0.267 e. The van der Waals surface area contributed by atoms with Crippen LogP contribution in [0.2, 0.25) is 0 Å². The van der Waals surface area contributed by atoms with Gasteiger partial charge in [0.25, 0.3) is 5.91 Å². The zero-order chi connectivity index (χ0) is 10.4. The van der Waals surface area contributed by atoms with Crippen LogP contribution in [0.3, 0.4) is 0 Å². The van der Waals surface area contributed by atoms with Gasteiger partial charge < -0.3 is 5.32 Å². The minimum Gasteiger partial charge on any atom is -0.351 e. The Labute approximate surface area is 82.9 Å². The van der Waals surface area contributed by atoms with Crippen LogP contribution in [0.1, 0.15) is 32.6 Å². The molecule has 0 atom stereocenters. The molecule has 0 saturated carbocycles. The predicted molar refractivity (Wildman–Crippen MR) is 52.7 cm³/mol. The van der Waals surface area contributed by atoms with Crippen molar-refractivity contribution in [1.29, 1.82) is 0 Å². The van der Waals surface area contributed by atoms with Crippen LogP contribution < -0.4 is 10.7 Å². The summed E-state index contributed by atoms with van der Waals surface area (Å²) in [7, 11) is 0. The third-order valence-corrected chi connectivity index (χ3v) is 1.98. The SMILES string of the molecule is CCCCNC(=O)C1=NNC(=O)CC1. The van der Waals surface area contributed by atoms with E-state index in [2.05, 4.69) is 22.8 Å². The van der Waals surface area contributed by atoms with E-state index in [1.807, 2.05) is 0 Å². The lowest BCUT2D eigenvalue weighted by atomic mass is 10.1. The van der Waals surface area contributed by atoms with Crippen LogP contribution in [-0.2, 0) is 9.59 Å². The molecule has 0 aromatic heterocycles. The van der Waals surface area contributed by atoms with Gasteiger partial charge in [0.05, 0.1) is 0 Å². The van der Waals surface area contributed by atoms with Gasteiger partial charge in [-0.05, 0) is 6.42 Å². The molecule has 1 aliphatic heterocycles. The van der Waals surface area contributed by atoms with Gasteiger partial charge in [-0.25, -0.2) is 5.43 Å². The maximum atomic E-state index is 11.4. The molecule has 0 saturated heterocycles. The fraction of sp³-hybridized carbons (Fsp3) is 0.667. The van der Waals surface area contributed by atoms with Gasteiger partial charge in [-0.2, -0.15) is 5.10 Å². The molecule has 0 bridgehead atoms. The summed E-state index contributed by atoms with van der Waals surface area (Å²) in [5, 5.41) is 6.44. The molecule has 1 heterocycles. The lowest BCUT2D eigenvalue weighted by Gasteiger charge is -2.11. The molecule has 2 N–H and O–H groups in total. The number of nitrogens with one attached hydrogen (secondary N) is 2. The molecular weight excluding hydrogens is 182 g/mol. The van der Waals surface area contributed by atoms with E-state index in [1.165, 1.54) is 0 Å². The summed E-state index contributed by atoms with van der Waals surface area (Å²) in [6, 6.07) is 0. The highest BCUT2D eigenvalue weighted by atomic mass is 16.2. The predicted octanol–water partition coefficient (Wildman–Crippen LogP) is 0.169. The highest BCUT2D eigenvalue weighted by molar-refractivity contribution is 6.39. The van der Waals surface area contributed by atoms with Gasteiger partial charge in [0, 0.05) is 19.4 Å². The maximum absolute atomic E-state index is 11.4. The molecule has 2 amide bonds. The lowest BCUT2D eigenvalue weighted by Crippen LogP contribution is -2.37. The van der Waals surface area contributed by atoms with Gasteiger partial charge in [-0.15, -0.1) is 0 Å². The van der Waals surface area contributed by atoms with Gasteiger partial charge in [-0.3, -0.25) is 9.59 Å². The van der Waals surface area contributed by atoms with Gasteiger partial charge in [0.1, 0.15) is 5.71 Å². The first kappa shape index (κ1) is 10.7. The molecule has 0 aliphatic carbocycles. The molecule has 5 nitrogen and oxygen atoms in total. The second-order valence-corrected chi connectivity index (χ2v) is 3.20. The van der Waals surface area contributed by atoms with Gasteiger partial charge in [-0.1, -0.05) is 13.3 Å². The molecule has 0 aromatic rings. The molecule has 0 unspecified atom stereocenters. The molecule has 5 heteroatoms. The normalized spacial score (nSPS) is 15.8. The largest absolute Gasteiger partial charge is 0.351 e. The standard InChI is InChI=1S/C9H15N3O2/c1-2-3-6-10-9(14)7-4-5-8(13)12-11-7/h2-6H2,1H3,(H,10,14)(H,12,13). The van der Waals surface area contributed by atoms with E-state index < -0.39 is 0 Å². The van der Waals surface area contributed by atoms with Crippen LogP contribution in [0.5, 0.6) is 0 Å². The smallest absolute Gasteiger partial charge is 0.267 e. The summed E-state index contributed by atoms with van der Waals surface area (Å²) in [5.74, 6) is -0.298. The highest BCUT2D eigenvalue weighted by Crippen LogP contribution is 1.99. The molecule has 0 fully saturated rings. The minimum atomic E-state index is -0.168. The Balaban J connectivity index is 2.33. The molecule has 1 aliphatic rings. The highest BCUT2D eigenvalue weighted by Gasteiger charge is 2.17. The van der Waals surface area contributed by atoms with Crippen molar-refractivity contribution in [2.45, 2.75) is 32.6 Å². The fourth-order valence-corrected chi connectivity index (χ4v) is 1.12. The van der Waals surface area contributed by atoms with Crippen molar-refractivity contribution in [3.63, 3.8) is 0 Å². The van der Waals surface area contributed by atoms with E-state index in [9.17, 15) is 9.59 Å². The summed E-state index contributed by atoms with van der Waals surface area (Å²) >= 11 is 0. The quantitative estimate of drug-likeness (QED) is 0.631. The van der Waals surface area contributed by atoms with Gasteiger partial charge >= 0.3 is 0 Å². The Morgan fingerprint density at radius 2 is 2.36 bits per heavy atom. The first-order valence-electron chi connectivity index (χ1n) is 4.87. The first-order chi connectivity index (χ1) is 6.74. The van der Waals surface area contributed by atoms with Crippen molar-refractivity contribution >= 4 is 17.5 Å². The van der Waals surface area contributed by atoms with Crippen molar-refractivity contribution in [2.24, 2.45) is 5.10 Å². The van der Waals surface area contributed by atoms with Crippen molar-refractivity contribution in [2.75, 3.05) is 6.54 Å². The van der Waals surface area contributed by atoms with Crippen LogP contribution in [0, 0.1) is 0 Å². The third kappa shape index (κ3) is 3.16. The summed E-state index contributed by atoms with van der Waals surface area (Å²) in [5.41, 5.74) is 2.71. The molecule has 1 rings (SSSR count). The average molecular weight is 197 g/mol. The van der Waals surface area contributed by atoms with E-state index in [0.29, 0.717) is 25.1 Å². The Morgan fingerprint density at radius 3 is 2.93 bits per heavy atom. The van der Waals surface area contributed by atoms with Crippen LogP contribution in [0.25, 0.3) is 0 Å². The van der Waals surface area contributed by atoms with Crippen molar-refractivity contribution in [3.05, 3.63) is 0 Å². The molecule has 78 valence electrons. The van der Waals surface area contributed by atoms with Crippen molar-refractivity contribution in [3.8, 4) is 0 Å². The van der Waals surface area contributed by atoms with Gasteiger partial charge in [0.2, 0.25) is 5.91 Å². The van der Waals surface area contributed by atoms with E-state index >= 15 is 0 Å². The van der Waals surface area contributed by atoms with E-state index in [-0.39, 0.29) is 11.8 Å². The van der Waals surface area contributed by atoms with E-state index in [1.54, 1.807) is 0 Å². The molecular formula is C9H15N3O2. The number of nitrogens with zero attached hydrogens (tertiary/aromatic N) is 1. The summed E-state index contributed by atoms with van der Waals surface area (Å²) in [6.07, 6.45) is 2.79. The molecule has 0 aromatic carbocycles. The van der Waals surface area contributed by atoms with E-state index in [4.69, 9.17) is 0 Å². The number of carbonyl (C=O) groups excluding carboxylic acids is 2. The number of hydrogen-bond acceptors (Lipinski definition) is 3. The van der Waals surface area contributed by atoms with Crippen molar-refractivity contribution < 1.29 is 9.59 Å². The second-order valence-electron chi connectivity index (χ2n) is 3.20. The summed E-state index contributed by atoms with van der Waals surface area (Å²) in [4.78, 5) is 22.1. The Bertz CT molecular complexity index is 261. The van der Waals surface area contributed by atoms with E-state index in [0.717, 1.165) is 12.8 Å². The number of unbranched alkanes of at least 4 members (excludes halogenated alkanes) is 1. The molecule has 14 heavy (non-hydrogen) atoms. The zero-order valence-corrected chi connectivity index (χ0v) is 8.30. The number of amides is 2. The van der Waals surface area contributed by atoms with Crippen molar-refractivity contribution in [1.82, 2.24) is 10.7 Å². The summed E-state index contributed by atoms with van der Waals surface area (Å²) in [6.45, 7) is 2.73. The lowest BCUT2D eigenvalue weighted by molar-refractivity contribution is -0.121. The number of rotatable bonds is 4. The first-order valence-corrected chi connectivity index (χ1v) is 4.87. The monoisotopic (exact) mass is 197 g/mol. The third-order valence-electron chi connectivity index (χ3n) is 1.98. The number of hydrazone groups is 1.